The third-order valence-electron chi connectivity index (χ3n) is 7.28. The van der Waals surface area contributed by atoms with E-state index in [0.717, 1.165) is 22.2 Å². The van der Waals surface area contributed by atoms with Crippen LogP contribution in [0.3, 0.4) is 0 Å². The van der Waals surface area contributed by atoms with Gasteiger partial charge >= 0.3 is 0 Å². The van der Waals surface area contributed by atoms with Crippen molar-refractivity contribution < 1.29 is 0 Å². The number of fused-ring (bicyclic) bond motifs is 13. The molecule has 9 rings (SSSR count). The van der Waals surface area contributed by atoms with Gasteiger partial charge in [0.1, 0.15) is 5.52 Å². The fourth-order valence-electron chi connectivity index (χ4n) is 5.87. The fraction of sp³-hybridized carbons (Fsp3) is 0. The predicted octanol–water partition coefficient (Wildman–Crippen LogP) is 8.30. The summed E-state index contributed by atoms with van der Waals surface area (Å²) in [6, 6.07) is 32.5. The molecule has 3 nitrogen and oxygen atoms in total. The second-order valence-electron chi connectivity index (χ2n) is 9.03. The first-order valence-corrected chi connectivity index (χ1v) is 12.3. The molecule has 0 fully saturated rings. The molecule has 0 aliphatic carbocycles. The van der Waals surface area contributed by atoms with Gasteiger partial charge in [-0.05, 0) is 35.0 Å². The van der Waals surface area contributed by atoms with Crippen LogP contribution in [-0.4, -0.2) is 14.4 Å². The van der Waals surface area contributed by atoms with Crippen molar-refractivity contribution in [2.24, 2.45) is 0 Å². The molecule has 0 unspecified atom stereocenters. The quantitative estimate of drug-likeness (QED) is 0.233. The van der Waals surface area contributed by atoms with Crippen LogP contribution in [-0.2, 0) is 0 Å². The molecule has 4 heteroatoms. The van der Waals surface area contributed by atoms with E-state index in [1.807, 2.05) is 23.5 Å². The molecule has 0 saturated heterocycles. The largest absolute Gasteiger partial charge is 0.290 e. The van der Waals surface area contributed by atoms with Crippen LogP contribution in [0.1, 0.15) is 0 Å². The third-order valence-corrected chi connectivity index (χ3v) is 8.47. The molecule has 0 radical (unpaired) electrons. The standard InChI is InChI=1S/C30H15N3S/c1-2-8-17-16(7-1)15-21-26-30(32-23-11-5-4-10-22(23)31-26)33-27(21)25(17)20-14-13-19-18-9-3-6-12-24(18)34-29(19)28(20)33/h1-15H. The highest BCUT2D eigenvalue weighted by molar-refractivity contribution is 7.26. The minimum Gasteiger partial charge on any atom is -0.290 e. The van der Waals surface area contributed by atoms with Gasteiger partial charge in [-0.1, -0.05) is 66.7 Å². The summed E-state index contributed by atoms with van der Waals surface area (Å²) in [5, 5.41) is 8.90. The summed E-state index contributed by atoms with van der Waals surface area (Å²) in [5.41, 5.74) is 6.25. The molecule has 0 aliphatic heterocycles. The molecule has 9 aromatic rings. The minimum atomic E-state index is 0.928. The van der Waals surface area contributed by atoms with E-state index in [4.69, 9.17) is 9.97 Å². The van der Waals surface area contributed by atoms with Gasteiger partial charge in [0, 0.05) is 31.6 Å². The van der Waals surface area contributed by atoms with E-state index in [9.17, 15) is 0 Å². The molecule has 0 saturated carbocycles. The highest BCUT2D eigenvalue weighted by Crippen LogP contribution is 2.47. The van der Waals surface area contributed by atoms with Crippen LogP contribution < -0.4 is 0 Å². The van der Waals surface area contributed by atoms with E-state index >= 15 is 0 Å². The van der Waals surface area contributed by atoms with Crippen molar-refractivity contribution in [2.75, 3.05) is 0 Å². The van der Waals surface area contributed by atoms with Crippen LogP contribution in [0.25, 0.3) is 80.3 Å². The lowest BCUT2D eigenvalue weighted by atomic mass is 10.0. The van der Waals surface area contributed by atoms with E-state index in [0.29, 0.717) is 0 Å². The number of hydrogen-bond donors (Lipinski definition) is 0. The topological polar surface area (TPSA) is 30.2 Å². The Balaban J connectivity index is 1.68. The molecule has 0 aliphatic rings. The van der Waals surface area contributed by atoms with Crippen molar-refractivity contribution in [2.45, 2.75) is 0 Å². The Bertz CT molecular complexity index is 2290. The van der Waals surface area contributed by atoms with Gasteiger partial charge in [0.2, 0.25) is 0 Å². The number of hydrogen-bond acceptors (Lipinski definition) is 3. The van der Waals surface area contributed by atoms with Crippen LogP contribution in [0.4, 0.5) is 0 Å². The number of thiophene rings is 1. The van der Waals surface area contributed by atoms with Gasteiger partial charge in [0.15, 0.2) is 5.65 Å². The zero-order valence-corrected chi connectivity index (χ0v) is 18.7. The molecule has 156 valence electrons. The number of para-hydroxylation sites is 2. The zero-order valence-electron chi connectivity index (χ0n) is 17.9. The molecule has 5 aromatic carbocycles. The molecule has 4 aromatic heterocycles. The monoisotopic (exact) mass is 449 g/mol. The van der Waals surface area contributed by atoms with Gasteiger partial charge in [0.25, 0.3) is 0 Å². The number of benzene rings is 5. The maximum Gasteiger partial charge on any atom is 0.165 e. The highest BCUT2D eigenvalue weighted by atomic mass is 32.1. The number of nitrogens with zero attached hydrogens (tertiary/aromatic N) is 3. The van der Waals surface area contributed by atoms with Crippen molar-refractivity contribution in [3.8, 4) is 0 Å². The molecule has 4 heterocycles. The van der Waals surface area contributed by atoms with Crippen LogP contribution in [0, 0.1) is 0 Å². The lowest BCUT2D eigenvalue weighted by Gasteiger charge is -2.03. The average molecular weight is 450 g/mol. The van der Waals surface area contributed by atoms with E-state index in [1.54, 1.807) is 0 Å². The van der Waals surface area contributed by atoms with E-state index in [2.05, 4.69) is 83.3 Å². The molecule has 0 N–H and O–H groups in total. The van der Waals surface area contributed by atoms with Gasteiger partial charge in [-0.25, -0.2) is 9.97 Å². The predicted molar refractivity (Wildman–Crippen MR) is 145 cm³/mol. The van der Waals surface area contributed by atoms with Crippen LogP contribution >= 0.6 is 11.3 Å². The van der Waals surface area contributed by atoms with Crippen molar-refractivity contribution in [1.29, 1.82) is 0 Å². The van der Waals surface area contributed by atoms with Crippen LogP contribution in [0.2, 0.25) is 0 Å². The van der Waals surface area contributed by atoms with E-state index in [-0.39, 0.29) is 0 Å². The third kappa shape index (κ3) is 1.91. The summed E-state index contributed by atoms with van der Waals surface area (Å²) in [5.74, 6) is 0. The zero-order chi connectivity index (χ0) is 22.0. The Labute approximate surface area is 196 Å². The van der Waals surface area contributed by atoms with Crippen molar-refractivity contribution in [1.82, 2.24) is 14.4 Å². The summed E-state index contributed by atoms with van der Waals surface area (Å²) in [6.45, 7) is 0. The van der Waals surface area contributed by atoms with Crippen molar-refractivity contribution in [3.05, 3.63) is 91.0 Å². The Kier molecular flexibility index (Phi) is 2.94. The summed E-state index contributed by atoms with van der Waals surface area (Å²) in [4.78, 5) is 10.3. The second-order valence-corrected chi connectivity index (χ2v) is 10.1. The van der Waals surface area contributed by atoms with E-state index < -0.39 is 0 Å². The van der Waals surface area contributed by atoms with Gasteiger partial charge in [-0.15, -0.1) is 11.3 Å². The molecule has 34 heavy (non-hydrogen) atoms. The van der Waals surface area contributed by atoms with Crippen molar-refractivity contribution in [3.63, 3.8) is 0 Å². The van der Waals surface area contributed by atoms with E-state index in [1.165, 1.54) is 58.1 Å². The van der Waals surface area contributed by atoms with Gasteiger partial charge in [0.05, 0.1) is 26.8 Å². The Morgan fingerprint density at radius 2 is 1.32 bits per heavy atom. The maximum absolute atomic E-state index is 5.17. The molecule has 0 atom stereocenters. The second kappa shape index (κ2) is 5.79. The highest BCUT2D eigenvalue weighted by Gasteiger charge is 2.24. The summed E-state index contributed by atoms with van der Waals surface area (Å²) in [7, 11) is 0. The normalized spacial score (nSPS) is 12.7. The lowest BCUT2D eigenvalue weighted by Crippen LogP contribution is -1.89. The molecule has 0 spiro atoms. The smallest absolute Gasteiger partial charge is 0.165 e. The average Bonchev–Trinajstić information content (AvgIpc) is 3.53. The summed E-state index contributed by atoms with van der Waals surface area (Å²) < 4.78 is 5.02. The summed E-state index contributed by atoms with van der Waals surface area (Å²) in [6.07, 6.45) is 0. The Morgan fingerprint density at radius 1 is 0.588 bits per heavy atom. The molecule has 0 amide bonds. The van der Waals surface area contributed by atoms with Gasteiger partial charge in [-0.3, -0.25) is 4.40 Å². The van der Waals surface area contributed by atoms with Crippen molar-refractivity contribution >= 4 is 91.7 Å². The minimum absolute atomic E-state index is 0.928. The van der Waals surface area contributed by atoms with Gasteiger partial charge < -0.3 is 0 Å². The molecular weight excluding hydrogens is 434 g/mol. The Morgan fingerprint density at radius 3 is 2.24 bits per heavy atom. The maximum atomic E-state index is 5.17. The summed E-state index contributed by atoms with van der Waals surface area (Å²) >= 11 is 1.87. The molecule has 0 bridgehead atoms. The van der Waals surface area contributed by atoms with Crippen LogP contribution in [0.15, 0.2) is 91.0 Å². The first kappa shape index (κ1) is 17.2. The van der Waals surface area contributed by atoms with Gasteiger partial charge in [-0.2, -0.15) is 0 Å². The first-order valence-electron chi connectivity index (χ1n) is 11.4. The lowest BCUT2D eigenvalue weighted by molar-refractivity contribution is 1.28. The van der Waals surface area contributed by atoms with Crippen LogP contribution in [0.5, 0.6) is 0 Å². The number of rotatable bonds is 0. The Hall–Kier alpha value is -4.28. The molecular formula is C30H15N3S. The fourth-order valence-corrected chi connectivity index (χ4v) is 7.11. The SMILES string of the molecule is c1ccc2c(c1)cc1c3nc4ccccc4nc3n3c4c(ccc5c6ccccc6sc54)c2c13. The number of aromatic nitrogens is 3. The first-order chi connectivity index (χ1) is 16.9.